The molecule has 0 aliphatic heterocycles. The van der Waals surface area contributed by atoms with E-state index in [-0.39, 0.29) is 18.5 Å². The predicted octanol–water partition coefficient (Wildman–Crippen LogP) is 3.29. The van der Waals surface area contributed by atoms with Gasteiger partial charge in [-0.05, 0) is 25.5 Å². The first kappa shape index (κ1) is 15.4. The molecule has 118 valence electrons. The number of benzene rings is 1. The molecule has 0 radical (unpaired) electrons. The second-order valence-corrected chi connectivity index (χ2v) is 6.52. The molecule has 0 bridgehead atoms. The Morgan fingerprint density at radius 1 is 1.22 bits per heavy atom. The Bertz CT molecular complexity index is 814. The number of amides is 1. The van der Waals surface area contributed by atoms with Crippen LogP contribution in [0, 0.1) is 0 Å². The molecular formula is C17H18N4OS. The molecule has 23 heavy (non-hydrogen) atoms. The normalized spacial score (nSPS) is 10.9. The number of thiophene rings is 1. The molecule has 0 unspecified atom stereocenters. The number of hydrogen-bond donors (Lipinski definition) is 2. The standard InChI is InChI=1S/C17H18N4OS/c1-11(2)21-15(22)9-18-16-13-8-14(12-6-4-3-5-7-12)23-17(13)20-10-19-16/h3-8,10-11H,9H2,1-2H3,(H,21,22)(H,18,19,20). The second kappa shape index (κ2) is 6.75. The van der Waals surface area contributed by atoms with Gasteiger partial charge in [0, 0.05) is 10.9 Å². The van der Waals surface area contributed by atoms with E-state index in [9.17, 15) is 4.79 Å². The largest absolute Gasteiger partial charge is 0.360 e. The van der Waals surface area contributed by atoms with Crippen LogP contribution < -0.4 is 10.6 Å². The summed E-state index contributed by atoms with van der Waals surface area (Å²) in [6, 6.07) is 12.4. The first-order valence-corrected chi connectivity index (χ1v) is 8.28. The van der Waals surface area contributed by atoms with Crippen LogP contribution in [0.25, 0.3) is 20.7 Å². The van der Waals surface area contributed by atoms with Gasteiger partial charge in [-0.15, -0.1) is 11.3 Å². The molecule has 1 aromatic carbocycles. The van der Waals surface area contributed by atoms with Crippen molar-refractivity contribution in [2.75, 3.05) is 11.9 Å². The Hall–Kier alpha value is -2.47. The van der Waals surface area contributed by atoms with E-state index in [1.165, 1.54) is 6.33 Å². The summed E-state index contributed by atoms with van der Waals surface area (Å²) in [7, 11) is 0. The molecule has 5 nitrogen and oxygen atoms in total. The average Bonchev–Trinajstić information content (AvgIpc) is 2.98. The molecule has 3 aromatic rings. The van der Waals surface area contributed by atoms with Crippen LogP contribution in [0.15, 0.2) is 42.7 Å². The number of nitrogens with zero attached hydrogens (tertiary/aromatic N) is 2. The van der Waals surface area contributed by atoms with Crippen LogP contribution in [0.4, 0.5) is 5.82 Å². The van der Waals surface area contributed by atoms with Crippen LogP contribution >= 0.6 is 11.3 Å². The first-order chi connectivity index (χ1) is 11.1. The third kappa shape index (κ3) is 3.65. The Morgan fingerprint density at radius 2 is 2.00 bits per heavy atom. The highest BCUT2D eigenvalue weighted by atomic mass is 32.1. The van der Waals surface area contributed by atoms with Crippen LogP contribution in [0.2, 0.25) is 0 Å². The first-order valence-electron chi connectivity index (χ1n) is 7.46. The summed E-state index contributed by atoms with van der Waals surface area (Å²) >= 11 is 1.62. The highest BCUT2D eigenvalue weighted by molar-refractivity contribution is 7.21. The van der Waals surface area contributed by atoms with Crippen molar-refractivity contribution >= 4 is 33.3 Å². The quantitative estimate of drug-likeness (QED) is 0.755. The van der Waals surface area contributed by atoms with Gasteiger partial charge >= 0.3 is 0 Å². The molecule has 2 aromatic heterocycles. The zero-order valence-electron chi connectivity index (χ0n) is 13.0. The zero-order chi connectivity index (χ0) is 16.2. The van der Waals surface area contributed by atoms with Gasteiger partial charge < -0.3 is 10.6 Å². The summed E-state index contributed by atoms with van der Waals surface area (Å²) in [5.74, 6) is 0.637. The average molecular weight is 326 g/mol. The maximum atomic E-state index is 11.8. The lowest BCUT2D eigenvalue weighted by molar-refractivity contribution is -0.119. The predicted molar refractivity (Wildman–Crippen MR) is 94.6 cm³/mol. The summed E-state index contributed by atoms with van der Waals surface area (Å²) in [4.78, 5) is 22.4. The van der Waals surface area contributed by atoms with Crippen LogP contribution in [0.3, 0.4) is 0 Å². The Labute approximate surface area is 138 Å². The van der Waals surface area contributed by atoms with E-state index in [0.717, 1.165) is 20.7 Å². The van der Waals surface area contributed by atoms with E-state index in [1.54, 1.807) is 11.3 Å². The molecule has 6 heteroatoms. The SMILES string of the molecule is CC(C)NC(=O)CNc1ncnc2sc(-c3ccccc3)cc12. The molecule has 0 fully saturated rings. The lowest BCUT2D eigenvalue weighted by atomic mass is 10.2. The topological polar surface area (TPSA) is 66.9 Å². The Morgan fingerprint density at radius 3 is 2.74 bits per heavy atom. The van der Waals surface area contributed by atoms with Crippen LogP contribution in [-0.2, 0) is 4.79 Å². The molecule has 0 saturated heterocycles. The smallest absolute Gasteiger partial charge is 0.239 e. The van der Waals surface area contributed by atoms with Gasteiger partial charge in [0.15, 0.2) is 0 Å². The third-order valence-corrected chi connectivity index (χ3v) is 4.35. The summed E-state index contributed by atoms with van der Waals surface area (Å²) < 4.78 is 0. The van der Waals surface area contributed by atoms with E-state index in [2.05, 4.69) is 38.8 Å². The van der Waals surface area contributed by atoms with Crippen molar-refractivity contribution in [3.63, 3.8) is 0 Å². The minimum Gasteiger partial charge on any atom is -0.360 e. The van der Waals surface area contributed by atoms with Crippen LogP contribution in [0.5, 0.6) is 0 Å². The van der Waals surface area contributed by atoms with E-state index in [0.29, 0.717) is 5.82 Å². The third-order valence-electron chi connectivity index (χ3n) is 3.25. The summed E-state index contributed by atoms with van der Waals surface area (Å²) in [5.41, 5.74) is 1.15. The van der Waals surface area contributed by atoms with Gasteiger partial charge in [-0.25, -0.2) is 9.97 Å². The van der Waals surface area contributed by atoms with Crippen molar-refractivity contribution in [3.8, 4) is 10.4 Å². The van der Waals surface area contributed by atoms with Gasteiger partial charge in [-0.3, -0.25) is 4.79 Å². The van der Waals surface area contributed by atoms with Gasteiger partial charge in [-0.1, -0.05) is 30.3 Å². The highest BCUT2D eigenvalue weighted by Crippen LogP contribution is 2.34. The van der Waals surface area contributed by atoms with Crippen LogP contribution in [-0.4, -0.2) is 28.5 Å². The van der Waals surface area contributed by atoms with E-state index in [4.69, 9.17) is 0 Å². The number of carbonyl (C=O) groups excluding carboxylic acids is 1. The minimum absolute atomic E-state index is 0.0507. The van der Waals surface area contributed by atoms with Gasteiger partial charge in [0.1, 0.15) is 17.0 Å². The number of rotatable bonds is 5. The second-order valence-electron chi connectivity index (χ2n) is 5.49. The number of aromatic nitrogens is 2. The highest BCUT2D eigenvalue weighted by Gasteiger charge is 2.11. The molecule has 0 aliphatic carbocycles. The van der Waals surface area contributed by atoms with Crippen molar-refractivity contribution in [3.05, 3.63) is 42.7 Å². The molecule has 2 N–H and O–H groups in total. The fourth-order valence-corrected chi connectivity index (χ4v) is 3.28. The molecule has 2 heterocycles. The molecule has 0 atom stereocenters. The van der Waals surface area contributed by atoms with Crippen molar-refractivity contribution < 1.29 is 4.79 Å². The molecule has 0 aliphatic rings. The number of anilines is 1. The maximum absolute atomic E-state index is 11.8. The fraction of sp³-hybridized carbons (Fsp3) is 0.235. The van der Waals surface area contributed by atoms with Crippen LogP contribution in [0.1, 0.15) is 13.8 Å². The summed E-state index contributed by atoms with van der Waals surface area (Å²) in [6.07, 6.45) is 1.52. The number of hydrogen-bond acceptors (Lipinski definition) is 5. The molecule has 0 saturated carbocycles. The van der Waals surface area contributed by atoms with Gasteiger partial charge in [0.2, 0.25) is 5.91 Å². The number of nitrogens with one attached hydrogen (secondary N) is 2. The van der Waals surface area contributed by atoms with Crippen molar-refractivity contribution in [2.45, 2.75) is 19.9 Å². The molecule has 3 rings (SSSR count). The fourth-order valence-electron chi connectivity index (χ4n) is 2.28. The van der Waals surface area contributed by atoms with Crippen molar-refractivity contribution in [1.29, 1.82) is 0 Å². The van der Waals surface area contributed by atoms with Gasteiger partial charge in [0.25, 0.3) is 0 Å². The monoisotopic (exact) mass is 326 g/mol. The lowest BCUT2D eigenvalue weighted by Crippen LogP contribution is -2.34. The van der Waals surface area contributed by atoms with E-state index in [1.807, 2.05) is 32.0 Å². The number of fused-ring (bicyclic) bond motifs is 1. The van der Waals surface area contributed by atoms with E-state index >= 15 is 0 Å². The molecular weight excluding hydrogens is 308 g/mol. The van der Waals surface area contributed by atoms with Crippen molar-refractivity contribution in [2.24, 2.45) is 0 Å². The van der Waals surface area contributed by atoms with Gasteiger partial charge in [-0.2, -0.15) is 0 Å². The summed E-state index contributed by atoms with van der Waals surface area (Å²) in [5, 5.41) is 6.89. The summed E-state index contributed by atoms with van der Waals surface area (Å²) in [6.45, 7) is 4.07. The minimum atomic E-state index is -0.0507. The van der Waals surface area contributed by atoms with Gasteiger partial charge in [0.05, 0.1) is 11.9 Å². The number of carbonyl (C=O) groups is 1. The molecule has 1 amide bonds. The zero-order valence-corrected chi connectivity index (χ0v) is 13.9. The maximum Gasteiger partial charge on any atom is 0.239 e. The van der Waals surface area contributed by atoms with Crippen molar-refractivity contribution in [1.82, 2.24) is 15.3 Å². The Kier molecular flexibility index (Phi) is 4.52. The molecule has 0 spiro atoms. The van der Waals surface area contributed by atoms with E-state index < -0.39 is 0 Å². The lowest BCUT2D eigenvalue weighted by Gasteiger charge is -2.09. The Balaban J connectivity index is 1.84.